The number of nitrogens with zero attached hydrogens (tertiary/aromatic N) is 1. The summed E-state index contributed by atoms with van der Waals surface area (Å²) in [6.07, 6.45) is 2.24. The summed E-state index contributed by atoms with van der Waals surface area (Å²) in [5, 5.41) is 9.64. The molecule has 0 radical (unpaired) electrons. The molecule has 4 nitrogen and oxygen atoms in total. The van der Waals surface area contributed by atoms with Crippen LogP contribution >= 0.6 is 11.6 Å². The lowest BCUT2D eigenvalue weighted by Gasteiger charge is -2.26. The van der Waals surface area contributed by atoms with E-state index < -0.39 is 5.97 Å². The van der Waals surface area contributed by atoms with E-state index >= 15 is 0 Å². The maximum atomic E-state index is 11.0. The van der Waals surface area contributed by atoms with Crippen molar-refractivity contribution in [3.05, 3.63) is 58.6 Å². The number of carboxylic acid groups (broad SMARTS) is 1. The van der Waals surface area contributed by atoms with E-state index in [4.69, 9.17) is 22.4 Å². The number of rotatable bonds is 9. The van der Waals surface area contributed by atoms with Gasteiger partial charge in [0.25, 0.3) is 0 Å². The standard InChI is InChI=1S/C23H29ClN2O2/c1-5-16-6-7-17(10-19(16)13-25)20-11-18(8-9-23(27)28)21(24)12-22(20)26(4)14-15(2)3/h5-7,10-12,15H,1,8-9,13-14,25H2,2-4H3,(H,27,28). The first-order valence-corrected chi connectivity index (χ1v) is 9.85. The molecule has 150 valence electrons. The van der Waals surface area contributed by atoms with Crippen molar-refractivity contribution in [1.82, 2.24) is 0 Å². The topological polar surface area (TPSA) is 66.6 Å². The zero-order chi connectivity index (χ0) is 20.8. The van der Waals surface area contributed by atoms with Crippen LogP contribution in [0.4, 0.5) is 5.69 Å². The van der Waals surface area contributed by atoms with Crippen molar-refractivity contribution in [2.24, 2.45) is 11.7 Å². The predicted molar refractivity (Wildman–Crippen MR) is 119 cm³/mol. The molecule has 0 aliphatic carbocycles. The Morgan fingerprint density at radius 1 is 1.29 bits per heavy atom. The van der Waals surface area contributed by atoms with E-state index in [-0.39, 0.29) is 6.42 Å². The van der Waals surface area contributed by atoms with Crippen LogP contribution in [0.15, 0.2) is 36.9 Å². The van der Waals surface area contributed by atoms with Crippen molar-refractivity contribution in [3.63, 3.8) is 0 Å². The molecule has 2 aromatic rings. The van der Waals surface area contributed by atoms with E-state index in [2.05, 4.69) is 31.4 Å². The van der Waals surface area contributed by atoms with E-state index in [1.54, 1.807) is 6.08 Å². The smallest absolute Gasteiger partial charge is 0.303 e. The number of hydrogen-bond donors (Lipinski definition) is 2. The van der Waals surface area contributed by atoms with Crippen molar-refractivity contribution >= 4 is 29.3 Å². The Kier molecular flexibility index (Phi) is 7.67. The van der Waals surface area contributed by atoms with Crippen molar-refractivity contribution in [3.8, 4) is 11.1 Å². The summed E-state index contributed by atoms with van der Waals surface area (Å²) in [5.74, 6) is -0.342. The van der Waals surface area contributed by atoms with Gasteiger partial charge in [-0.1, -0.05) is 50.2 Å². The molecule has 0 aromatic heterocycles. The number of nitrogens with two attached hydrogens (primary N) is 1. The fourth-order valence-electron chi connectivity index (χ4n) is 3.38. The van der Waals surface area contributed by atoms with Crippen molar-refractivity contribution < 1.29 is 9.90 Å². The van der Waals surface area contributed by atoms with Gasteiger partial charge in [0, 0.05) is 42.8 Å². The molecule has 0 saturated heterocycles. The molecule has 5 heteroatoms. The van der Waals surface area contributed by atoms with Gasteiger partial charge in [0.1, 0.15) is 0 Å². The molecule has 28 heavy (non-hydrogen) atoms. The summed E-state index contributed by atoms with van der Waals surface area (Å²) in [7, 11) is 2.05. The second-order valence-corrected chi connectivity index (χ2v) is 7.86. The molecule has 0 atom stereocenters. The molecule has 0 bridgehead atoms. The van der Waals surface area contributed by atoms with Gasteiger partial charge in [-0.2, -0.15) is 0 Å². The van der Waals surface area contributed by atoms with Crippen molar-refractivity contribution in [2.45, 2.75) is 33.2 Å². The minimum Gasteiger partial charge on any atom is -0.481 e. The molecule has 0 amide bonds. The fourth-order valence-corrected chi connectivity index (χ4v) is 3.64. The number of anilines is 1. The molecule has 3 N–H and O–H groups in total. The Morgan fingerprint density at radius 2 is 2.00 bits per heavy atom. The van der Waals surface area contributed by atoms with E-state index in [0.29, 0.717) is 23.9 Å². The van der Waals surface area contributed by atoms with Crippen LogP contribution in [0.25, 0.3) is 17.2 Å². The first kappa shape index (κ1) is 22.0. The quantitative estimate of drug-likeness (QED) is 0.605. The van der Waals surface area contributed by atoms with Crippen LogP contribution in [-0.4, -0.2) is 24.7 Å². The number of carboxylic acids is 1. The fraction of sp³-hybridized carbons (Fsp3) is 0.348. The predicted octanol–water partition coefficient (Wildman–Crippen LogP) is 5.22. The van der Waals surface area contributed by atoms with Gasteiger partial charge in [-0.05, 0) is 52.8 Å². The van der Waals surface area contributed by atoms with Gasteiger partial charge < -0.3 is 15.7 Å². The molecule has 0 saturated carbocycles. The first-order chi connectivity index (χ1) is 13.3. The van der Waals surface area contributed by atoms with Crippen LogP contribution < -0.4 is 10.6 Å². The minimum absolute atomic E-state index is 0.0454. The zero-order valence-corrected chi connectivity index (χ0v) is 17.6. The third-order valence-corrected chi connectivity index (χ3v) is 5.07. The number of carbonyl (C=O) groups is 1. The number of aryl methyl sites for hydroxylation is 1. The molecule has 2 rings (SSSR count). The normalized spacial score (nSPS) is 10.9. The van der Waals surface area contributed by atoms with E-state index in [1.165, 1.54) is 0 Å². The highest BCUT2D eigenvalue weighted by molar-refractivity contribution is 6.31. The maximum Gasteiger partial charge on any atom is 0.303 e. The van der Waals surface area contributed by atoms with E-state index in [1.807, 2.05) is 31.3 Å². The summed E-state index contributed by atoms with van der Waals surface area (Å²) in [6.45, 7) is 9.50. The monoisotopic (exact) mass is 400 g/mol. The summed E-state index contributed by atoms with van der Waals surface area (Å²) in [6, 6.07) is 10.1. The highest BCUT2D eigenvalue weighted by Crippen LogP contribution is 2.37. The van der Waals surface area contributed by atoms with Crippen LogP contribution in [-0.2, 0) is 17.8 Å². The lowest BCUT2D eigenvalue weighted by atomic mass is 9.94. The van der Waals surface area contributed by atoms with Crippen LogP contribution in [0.3, 0.4) is 0 Å². The summed E-state index contributed by atoms with van der Waals surface area (Å²) in [4.78, 5) is 13.2. The Morgan fingerprint density at radius 3 is 2.57 bits per heavy atom. The van der Waals surface area contributed by atoms with Gasteiger partial charge in [-0.15, -0.1) is 0 Å². The molecule has 0 heterocycles. The Labute approximate surface area is 172 Å². The zero-order valence-electron chi connectivity index (χ0n) is 16.8. The van der Waals surface area contributed by atoms with E-state index in [9.17, 15) is 4.79 Å². The number of aliphatic carboxylic acids is 1. The molecule has 0 spiro atoms. The Balaban J connectivity index is 2.61. The number of halogens is 1. The van der Waals surface area contributed by atoms with Gasteiger partial charge >= 0.3 is 5.97 Å². The van der Waals surface area contributed by atoms with Gasteiger partial charge in [0.05, 0.1) is 0 Å². The molecule has 0 aliphatic heterocycles. The van der Waals surface area contributed by atoms with Gasteiger partial charge in [-0.25, -0.2) is 0 Å². The molecule has 0 unspecified atom stereocenters. The largest absolute Gasteiger partial charge is 0.481 e. The minimum atomic E-state index is -0.834. The van der Waals surface area contributed by atoms with Crippen LogP contribution in [0.2, 0.25) is 5.02 Å². The van der Waals surface area contributed by atoms with Crippen molar-refractivity contribution in [1.29, 1.82) is 0 Å². The lowest BCUT2D eigenvalue weighted by Crippen LogP contribution is -2.23. The third kappa shape index (κ3) is 5.37. The Hall–Kier alpha value is -2.30. The average molecular weight is 401 g/mol. The molecular weight excluding hydrogens is 372 g/mol. The lowest BCUT2D eigenvalue weighted by molar-refractivity contribution is -0.136. The van der Waals surface area contributed by atoms with Crippen LogP contribution in [0.5, 0.6) is 0 Å². The van der Waals surface area contributed by atoms with Gasteiger partial charge in [0.2, 0.25) is 0 Å². The second kappa shape index (κ2) is 9.76. The summed E-state index contributed by atoms with van der Waals surface area (Å²) < 4.78 is 0. The molecular formula is C23H29ClN2O2. The number of hydrogen-bond acceptors (Lipinski definition) is 3. The number of benzene rings is 2. The summed E-state index contributed by atoms with van der Waals surface area (Å²) in [5.41, 5.74) is 11.9. The van der Waals surface area contributed by atoms with Crippen molar-refractivity contribution in [2.75, 3.05) is 18.5 Å². The maximum absolute atomic E-state index is 11.0. The highest BCUT2D eigenvalue weighted by atomic mass is 35.5. The first-order valence-electron chi connectivity index (χ1n) is 9.48. The van der Waals surface area contributed by atoms with Gasteiger partial charge in [-0.3, -0.25) is 4.79 Å². The van der Waals surface area contributed by atoms with Crippen LogP contribution in [0, 0.1) is 5.92 Å². The highest BCUT2D eigenvalue weighted by Gasteiger charge is 2.16. The summed E-state index contributed by atoms with van der Waals surface area (Å²) >= 11 is 6.51. The molecule has 0 fully saturated rings. The van der Waals surface area contributed by atoms with E-state index in [0.717, 1.165) is 40.0 Å². The van der Waals surface area contributed by atoms with Crippen LogP contribution in [0.1, 0.15) is 37.0 Å². The van der Waals surface area contributed by atoms with Gasteiger partial charge in [0.15, 0.2) is 0 Å². The average Bonchev–Trinajstić information content (AvgIpc) is 2.65. The Bertz CT molecular complexity index is 862. The molecule has 0 aliphatic rings. The molecule has 2 aromatic carbocycles. The third-order valence-electron chi connectivity index (χ3n) is 4.72. The SMILES string of the molecule is C=Cc1ccc(-c2cc(CCC(=O)O)c(Cl)cc2N(C)CC(C)C)cc1CN. The second-order valence-electron chi connectivity index (χ2n) is 7.45.